The van der Waals surface area contributed by atoms with Crippen molar-refractivity contribution in [2.75, 3.05) is 6.61 Å². The summed E-state index contributed by atoms with van der Waals surface area (Å²) in [4.78, 5) is 27.7. The Balaban J connectivity index is 0.000000264. The number of hydrogen-bond donors (Lipinski definition) is 3. The molecule has 0 saturated heterocycles. The van der Waals surface area contributed by atoms with E-state index >= 15 is 0 Å². The first-order valence-electron chi connectivity index (χ1n) is 8.09. The normalized spacial score (nSPS) is 9.96. The van der Waals surface area contributed by atoms with Crippen molar-refractivity contribution < 1.29 is 76.3 Å². The van der Waals surface area contributed by atoms with Gasteiger partial charge in [-0.3, -0.25) is 0 Å². The summed E-state index contributed by atoms with van der Waals surface area (Å²) in [7, 11) is 3.81. The molecular weight excluding hydrogens is 391 g/mol. The smallest absolute Gasteiger partial charge is 0.870 e. The first kappa shape index (κ1) is 24.2. The van der Waals surface area contributed by atoms with E-state index in [-0.39, 0.29) is 68.5 Å². The van der Waals surface area contributed by atoms with Crippen LogP contribution in [0.1, 0.15) is 27.9 Å². The predicted molar refractivity (Wildman–Crippen MR) is 99.4 cm³/mol. The van der Waals surface area contributed by atoms with Crippen molar-refractivity contribution in [1.82, 2.24) is 19.1 Å². The van der Waals surface area contributed by atoms with Gasteiger partial charge in [-0.05, 0) is 31.2 Å². The molecule has 9 nitrogen and oxygen atoms in total. The molecular formula is C18H21KN4O5. The summed E-state index contributed by atoms with van der Waals surface area (Å²) in [5, 5.41) is 8.65. The minimum absolute atomic E-state index is 0. The van der Waals surface area contributed by atoms with Gasteiger partial charge in [0.1, 0.15) is 11.4 Å². The number of fused-ring (bicyclic) bond motifs is 2. The van der Waals surface area contributed by atoms with Crippen molar-refractivity contribution in [3.05, 3.63) is 48.0 Å². The molecule has 4 rings (SSSR count). The summed E-state index contributed by atoms with van der Waals surface area (Å²) >= 11 is 0. The zero-order valence-corrected chi connectivity index (χ0v) is 19.3. The Kier molecular flexibility index (Phi) is 8.73. The fourth-order valence-electron chi connectivity index (χ4n) is 2.72. The van der Waals surface area contributed by atoms with Crippen LogP contribution in [0.15, 0.2) is 36.7 Å². The van der Waals surface area contributed by atoms with E-state index in [9.17, 15) is 9.59 Å². The van der Waals surface area contributed by atoms with Gasteiger partial charge < -0.3 is 34.4 Å². The van der Waals surface area contributed by atoms with Crippen molar-refractivity contribution in [3.8, 4) is 0 Å². The molecule has 0 unspecified atom stereocenters. The molecule has 0 radical (unpaired) electrons. The quantitative estimate of drug-likeness (QED) is 0.314. The van der Waals surface area contributed by atoms with Gasteiger partial charge in [-0.25, -0.2) is 9.59 Å². The first-order valence-corrected chi connectivity index (χ1v) is 8.09. The molecule has 0 fully saturated rings. The van der Waals surface area contributed by atoms with Gasteiger partial charge in [-0.2, -0.15) is 0 Å². The van der Waals surface area contributed by atoms with E-state index in [1.807, 2.05) is 47.8 Å². The number of carboxylic acid groups (broad SMARTS) is 1. The SMILES string of the molecule is CCOC(=O)c1cc2c(ccn2C)[nH]1.Cn1ccc2[nH]c(C(=O)O)cc21.[K+].[OH-]. The van der Waals surface area contributed by atoms with Gasteiger partial charge in [0.25, 0.3) is 0 Å². The van der Waals surface area contributed by atoms with E-state index in [0.29, 0.717) is 12.3 Å². The van der Waals surface area contributed by atoms with E-state index in [0.717, 1.165) is 22.1 Å². The Labute approximate surface area is 203 Å². The number of esters is 1. The maximum atomic E-state index is 11.4. The van der Waals surface area contributed by atoms with Crippen LogP contribution >= 0.6 is 0 Å². The number of carbonyl (C=O) groups excluding carboxylic acids is 1. The molecule has 0 saturated carbocycles. The number of aromatic carboxylic acids is 1. The van der Waals surface area contributed by atoms with Crippen molar-refractivity contribution >= 4 is 34.0 Å². The topological polar surface area (TPSA) is 135 Å². The zero-order chi connectivity index (χ0) is 18.8. The number of nitrogens with zero attached hydrogens (tertiary/aromatic N) is 2. The van der Waals surface area contributed by atoms with Gasteiger partial charge in [0.2, 0.25) is 0 Å². The van der Waals surface area contributed by atoms with Crippen LogP contribution in [0.5, 0.6) is 0 Å². The summed E-state index contributed by atoms with van der Waals surface area (Å²) in [6, 6.07) is 7.20. The number of hydrogen-bond acceptors (Lipinski definition) is 4. The van der Waals surface area contributed by atoms with Gasteiger partial charge in [0.05, 0.1) is 28.7 Å². The van der Waals surface area contributed by atoms with E-state index in [2.05, 4.69) is 9.97 Å². The van der Waals surface area contributed by atoms with E-state index in [1.165, 1.54) is 0 Å². The van der Waals surface area contributed by atoms with Crippen LogP contribution in [-0.4, -0.2) is 48.2 Å². The van der Waals surface area contributed by atoms with Crippen LogP contribution in [0.4, 0.5) is 0 Å². The molecule has 10 heteroatoms. The van der Waals surface area contributed by atoms with Crippen molar-refractivity contribution in [2.45, 2.75) is 6.92 Å². The Hall–Kier alpha value is -1.82. The number of aromatic amines is 2. The maximum absolute atomic E-state index is 11.4. The monoisotopic (exact) mass is 412 g/mol. The number of carbonyl (C=O) groups is 2. The van der Waals surface area contributed by atoms with Gasteiger partial charge >= 0.3 is 63.3 Å². The molecule has 4 aromatic rings. The number of rotatable bonds is 3. The minimum atomic E-state index is -0.925. The first-order chi connectivity index (χ1) is 12.4. The fourth-order valence-corrected chi connectivity index (χ4v) is 2.72. The molecule has 0 aromatic carbocycles. The van der Waals surface area contributed by atoms with Crippen molar-refractivity contribution in [3.63, 3.8) is 0 Å². The summed E-state index contributed by atoms with van der Waals surface area (Å²) in [5.74, 6) is -1.23. The third-order valence-corrected chi connectivity index (χ3v) is 4.07. The van der Waals surface area contributed by atoms with Crippen LogP contribution in [0.2, 0.25) is 0 Å². The molecule has 0 bridgehead atoms. The van der Waals surface area contributed by atoms with Crippen LogP contribution in [0.3, 0.4) is 0 Å². The molecule has 0 aliphatic rings. The average Bonchev–Trinajstić information content (AvgIpc) is 3.33. The Morgan fingerprint density at radius 3 is 1.89 bits per heavy atom. The van der Waals surface area contributed by atoms with Crippen molar-refractivity contribution in [1.29, 1.82) is 0 Å². The van der Waals surface area contributed by atoms with Crippen LogP contribution in [-0.2, 0) is 18.8 Å². The van der Waals surface area contributed by atoms with Crippen LogP contribution in [0, 0.1) is 0 Å². The number of ether oxygens (including phenoxy) is 1. The third-order valence-electron chi connectivity index (χ3n) is 4.07. The largest absolute Gasteiger partial charge is 1.00 e. The molecule has 0 aliphatic carbocycles. The fraction of sp³-hybridized carbons (Fsp3) is 0.222. The summed E-state index contributed by atoms with van der Waals surface area (Å²) in [6.45, 7) is 2.19. The Morgan fingerprint density at radius 2 is 1.46 bits per heavy atom. The number of carboxylic acids is 1. The Bertz CT molecular complexity index is 1090. The van der Waals surface area contributed by atoms with Gasteiger partial charge in [0, 0.05) is 26.5 Å². The molecule has 0 spiro atoms. The maximum Gasteiger partial charge on any atom is 1.00 e. The summed E-state index contributed by atoms with van der Waals surface area (Å²) < 4.78 is 8.71. The zero-order valence-electron chi connectivity index (χ0n) is 16.2. The van der Waals surface area contributed by atoms with Crippen molar-refractivity contribution in [2.24, 2.45) is 14.1 Å². The predicted octanol–water partition coefficient (Wildman–Crippen LogP) is -0.285. The Morgan fingerprint density at radius 1 is 1.00 bits per heavy atom. The molecule has 28 heavy (non-hydrogen) atoms. The number of H-pyrrole nitrogens is 2. The third kappa shape index (κ3) is 4.96. The van der Waals surface area contributed by atoms with E-state index in [4.69, 9.17) is 9.84 Å². The van der Waals surface area contributed by atoms with Gasteiger partial charge in [-0.15, -0.1) is 0 Å². The molecule has 0 aliphatic heterocycles. The van der Waals surface area contributed by atoms with E-state index < -0.39 is 5.97 Å². The number of nitrogens with one attached hydrogen (secondary N) is 2. The van der Waals surface area contributed by atoms with Gasteiger partial charge in [0.15, 0.2) is 0 Å². The second-order valence-corrected chi connectivity index (χ2v) is 5.84. The van der Waals surface area contributed by atoms with Crippen LogP contribution in [0.25, 0.3) is 22.1 Å². The minimum Gasteiger partial charge on any atom is -0.870 e. The molecule has 0 atom stereocenters. The number of aryl methyl sites for hydroxylation is 2. The summed E-state index contributed by atoms with van der Waals surface area (Å²) in [6.07, 6.45) is 3.82. The molecule has 4 N–H and O–H groups in total. The van der Waals surface area contributed by atoms with Gasteiger partial charge in [-0.1, -0.05) is 0 Å². The molecule has 0 amide bonds. The molecule has 144 valence electrons. The molecule has 4 aromatic heterocycles. The number of aromatic nitrogens is 4. The standard InChI is InChI=1S/C10H12N2O2.C8H8N2O2.K.H2O/c1-3-14-10(13)8-6-9-7(11-8)4-5-12(9)2;1-10-3-2-5-7(10)4-6(9-5)8(11)12;;/h4-6,11H,3H2,1-2H3;2-4,9H,1H3,(H,11,12);;1H2/q;;+1;/p-1. The van der Waals surface area contributed by atoms with Crippen LogP contribution < -0.4 is 51.4 Å². The molecule has 4 heterocycles. The second-order valence-electron chi connectivity index (χ2n) is 5.84. The summed E-state index contributed by atoms with van der Waals surface area (Å²) in [5.41, 5.74) is 4.47. The second kappa shape index (κ2) is 10.1. The van der Waals surface area contributed by atoms with E-state index in [1.54, 1.807) is 19.1 Å². The average molecular weight is 412 g/mol.